The summed E-state index contributed by atoms with van der Waals surface area (Å²) in [5, 5.41) is 14.3. The maximum atomic E-state index is 11.0. The second-order valence-corrected chi connectivity index (χ2v) is 5.03. The van der Waals surface area contributed by atoms with Gasteiger partial charge in [0.2, 0.25) is 0 Å². The van der Waals surface area contributed by atoms with Gasteiger partial charge in [0, 0.05) is 10.8 Å². The Bertz CT molecular complexity index is 189. The zero-order chi connectivity index (χ0) is 11.4. The van der Waals surface area contributed by atoms with Gasteiger partial charge in [-0.1, -0.05) is 41.5 Å². The number of hydrogen-bond acceptors (Lipinski definition) is 1. The molecular formula is C12H24NO. The first kappa shape index (κ1) is 13.5. The largest absolute Gasteiger partial charge is 0.145 e. The first-order valence-electron chi connectivity index (χ1n) is 5.59. The molecule has 0 aromatic heterocycles. The lowest BCUT2D eigenvalue weighted by Gasteiger charge is -2.37. The van der Waals surface area contributed by atoms with Crippen LogP contribution >= 0.6 is 0 Å². The van der Waals surface area contributed by atoms with Gasteiger partial charge in [0.15, 0.2) is 0 Å². The Balaban J connectivity index is 5.18. The van der Waals surface area contributed by atoms with Crippen molar-refractivity contribution < 1.29 is 5.21 Å². The Morgan fingerprint density at radius 2 is 1.36 bits per heavy atom. The lowest BCUT2D eigenvalue weighted by molar-refractivity contribution is 0.190. The molecule has 14 heavy (non-hydrogen) atoms. The highest BCUT2D eigenvalue weighted by atomic mass is 16.4. The molecule has 83 valence electrons. The molecule has 0 aliphatic heterocycles. The standard InChI is InChI=1S/C12H24NO/c1-7-12(8-2,9-3)10(13-14)11(4,5)6/h7-9H2,1-6H3/b13-10+. The van der Waals surface area contributed by atoms with Gasteiger partial charge in [0.25, 0.3) is 0 Å². The monoisotopic (exact) mass is 198 g/mol. The second kappa shape index (κ2) is 4.81. The first-order valence-corrected chi connectivity index (χ1v) is 5.59. The Hall–Kier alpha value is -0.530. The normalized spacial score (nSPS) is 14.6. The van der Waals surface area contributed by atoms with Crippen molar-refractivity contribution in [3.8, 4) is 0 Å². The van der Waals surface area contributed by atoms with Crippen molar-refractivity contribution in [3.05, 3.63) is 0 Å². The molecule has 0 fully saturated rings. The molecule has 0 rings (SSSR count). The van der Waals surface area contributed by atoms with Gasteiger partial charge in [-0.05, 0) is 24.4 Å². The van der Waals surface area contributed by atoms with Gasteiger partial charge in [-0.3, -0.25) is 0 Å². The van der Waals surface area contributed by atoms with Crippen LogP contribution in [0.4, 0.5) is 0 Å². The quantitative estimate of drug-likeness (QED) is 0.482. The highest BCUT2D eigenvalue weighted by molar-refractivity contribution is 5.94. The predicted octanol–water partition coefficient (Wildman–Crippen LogP) is 4.04. The van der Waals surface area contributed by atoms with E-state index in [4.69, 9.17) is 0 Å². The van der Waals surface area contributed by atoms with Crippen molar-refractivity contribution in [2.75, 3.05) is 0 Å². The summed E-state index contributed by atoms with van der Waals surface area (Å²) in [6.07, 6.45) is 3.00. The maximum absolute atomic E-state index is 11.0. The summed E-state index contributed by atoms with van der Waals surface area (Å²) in [7, 11) is 0. The fourth-order valence-corrected chi connectivity index (χ4v) is 2.28. The molecule has 1 radical (unpaired) electrons. The van der Waals surface area contributed by atoms with E-state index >= 15 is 0 Å². The van der Waals surface area contributed by atoms with E-state index in [1.54, 1.807) is 0 Å². The van der Waals surface area contributed by atoms with Gasteiger partial charge in [-0.15, -0.1) is 5.21 Å². The van der Waals surface area contributed by atoms with Crippen LogP contribution < -0.4 is 0 Å². The lowest BCUT2D eigenvalue weighted by Crippen LogP contribution is -2.38. The molecule has 2 heteroatoms. The molecule has 0 unspecified atom stereocenters. The van der Waals surface area contributed by atoms with Crippen LogP contribution in [0.15, 0.2) is 5.16 Å². The van der Waals surface area contributed by atoms with E-state index < -0.39 is 0 Å². The van der Waals surface area contributed by atoms with Crippen LogP contribution in [0, 0.1) is 10.8 Å². The van der Waals surface area contributed by atoms with E-state index in [2.05, 4.69) is 46.7 Å². The van der Waals surface area contributed by atoms with E-state index in [9.17, 15) is 5.21 Å². The van der Waals surface area contributed by atoms with Gasteiger partial charge in [-0.25, -0.2) is 0 Å². The van der Waals surface area contributed by atoms with Gasteiger partial charge in [0.1, 0.15) is 0 Å². The summed E-state index contributed by atoms with van der Waals surface area (Å²) in [5.74, 6) is 0. The molecule has 0 spiro atoms. The Morgan fingerprint density at radius 3 is 1.43 bits per heavy atom. The maximum Gasteiger partial charge on any atom is 0.0738 e. The minimum Gasteiger partial charge on any atom is -0.145 e. The van der Waals surface area contributed by atoms with Gasteiger partial charge >= 0.3 is 0 Å². The molecule has 0 amide bonds. The van der Waals surface area contributed by atoms with Crippen molar-refractivity contribution >= 4 is 5.71 Å². The number of nitrogens with zero attached hydrogens (tertiary/aromatic N) is 1. The topological polar surface area (TPSA) is 32.3 Å². The molecule has 0 saturated carbocycles. The van der Waals surface area contributed by atoms with Crippen LogP contribution in [0.25, 0.3) is 0 Å². The van der Waals surface area contributed by atoms with E-state index in [0.29, 0.717) is 0 Å². The molecule has 0 atom stereocenters. The molecule has 0 N–H and O–H groups in total. The van der Waals surface area contributed by atoms with Crippen molar-refractivity contribution in [2.45, 2.75) is 60.8 Å². The minimum atomic E-state index is -0.107. The molecule has 0 heterocycles. The van der Waals surface area contributed by atoms with Gasteiger partial charge in [0.05, 0.1) is 5.71 Å². The Kier molecular flexibility index (Phi) is 4.63. The van der Waals surface area contributed by atoms with Crippen LogP contribution in [0.2, 0.25) is 0 Å². The third-order valence-corrected chi connectivity index (χ3v) is 3.33. The minimum absolute atomic E-state index is 0.0139. The zero-order valence-electron chi connectivity index (χ0n) is 10.5. The van der Waals surface area contributed by atoms with Crippen molar-refractivity contribution in [2.24, 2.45) is 16.0 Å². The number of hydrogen-bond donors (Lipinski definition) is 0. The first-order chi connectivity index (χ1) is 6.37. The Labute approximate surface area is 88.4 Å². The summed E-state index contributed by atoms with van der Waals surface area (Å²) in [6, 6.07) is 0. The van der Waals surface area contributed by atoms with Crippen LogP contribution in [-0.4, -0.2) is 5.71 Å². The molecule has 0 aliphatic carbocycles. The summed E-state index contributed by atoms with van der Waals surface area (Å²) < 4.78 is 0. The van der Waals surface area contributed by atoms with E-state index in [0.717, 1.165) is 25.0 Å². The average Bonchev–Trinajstić information content (AvgIpc) is 2.12. The van der Waals surface area contributed by atoms with Crippen molar-refractivity contribution in [3.63, 3.8) is 0 Å². The van der Waals surface area contributed by atoms with Crippen LogP contribution in [0.5, 0.6) is 0 Å². The molecule has 0 bridgehead atoms. The lowest BCUT2D eigenvalue weighted by atomic mass is 9.67. The molecule has 0 aromatic rings. The summed E-state index contributed by atoms with van der Waals surface area (Å²) >= 11 is 0. The average molecular weight is 198 g/mol. The molecule has 0 saturated heterocycles. The van der Waals surface area contributed by atoms with Crippen LogP contribution in [-0.2, 0) is 5.21 Å². The van der Waals surface area contributed by atoms with Crippen molar-refractivity contribution in [1.29, 1.82) is 0 Å². The highest BCUT2D eigenvalue weighted by Gasteiger charge is 2.38. The fraction of sp³-hybridized carbons (Fsp3) is 0.917. The summed E-state index contributed by atoms with van der Waals surface area (Å²) in [5.41, 5.74) is 0.738. The number of rotatable bonds is 4. The highest BCUT2D eigenvalue weighted by Crippen LogP contribution is 2.39. The SMILES string of the molecule is CCC(CC)(CC)/C(=N/[O])C(C)(C)C. The van der Waals surface area contributed by atoms with Crippen LogP contribution in [0.1, 0.15) is 60.8 Å². The molecule has 0 aromatic carbocycles. The second-order valence-electron chi connectivity index (χ2n) is 5.03. The smallest absolute Gasteiger partial charge is 0.0738 e. The fourth-order valence-electron chi connectivity index (χ4n) is 2.28. The van der Waals surface area contributed by atoms with Crippen molar-refractivity contribution in [1.82, 2.24) is 0 Å². The van der Waals surface area contributed by atoms with E-state index in [-0.39, 0.29) is 10.8 Å². The van der Waals surface area contributed by atoms with Crippen LogP contribution in [0.3, 0.4) is 0 Å². The van der Waals surface area contributed by atoms with Gasteiger partial charge < -0.3 is 0 Å². The molecule has 2 nitrogen and oxygen atoms in total. The van der Waals surface area contributed by atoms with E-state index in [1.165, 1.54) is 0 Å². The zero-order valence-corrected chi connectivity index (χ0v) is 10.5. The molecular weight excluding hydrogens is 174 g/mol. The van der Waals surface area contributed by atoms with Gasteiger partial charge in [-0.2, -0.15) is 0 Å². The molecule has 0 aliphatic rings. The van der Waals surface area contributed by atoms with E-state index in [1.807, 2.05) is 0 Å². The third kappa shape index (κ3) is 2.49. The Morgan fingerprint density at radius 1 is 1.00 bits per heavy atom. The predicted molar refractivity (Wildman–Crippen MR) is 60.9 cm³/mol. The summed E-state index contributed by atoms with van der Waals surface area (Å²) in [4.78, 5) is 0. The third-order valence-electron chi connectivity index (χ3n) is 3.33. The summed E-state index contributed by atoms with van der Waals surface area (Å²) in [6.45, 7) is 12.6.